The van der Waals surface area contributed by atoms with Gasteiger partial charge in [-0.05, 0) is 32.8 Å². The molecule has 0 aliphatic carbocycles. The number of hydrogen-bond acceptors (Lipinski definition) is 8. The zero-order chi connectivity index (χ0) is 19.5. The van der Waals surface area contributed by atoms with Crippen LogP contribution in [0.5, 0.6) is 0 Å². The molecule has 0 aromatic rings. The largest absolute Gasteiger partial charge is 0.459 e. The van der Waals surface area contributed by atoms with Crippen molar-refractivity contribution in [3.05, 3.63) is 23.3 Å². The number of aliphatic hydroxyl groups is 3. The van der Waals surface area contributed by atoms with Gasteiger partial charge < -0.3 is 24.8 Å². The third-order valence-electron chi connectivity index (χ3n) is 4.74. The third-order valence-corrected chi connectivity index (χ3v) is 4.74. The maximum absolute atomic E-state index is 12.0. The van der Waals surface area contributed by atoms with Gasteiger partial charge in [0, 0.05) is 19.2 Å². The Morgan fingerprint density at radius 2 is 2.15 bits per heavy atom. The van der Waals surface area contributed by atoms with Gasteiger partial charge in [-0.15, -0.1) is 0 Å². The number of carbonyl (C=O) groups excluding carboxylic acids is 2. The van der Waals surface area contributed by atoms with Crippen LogP contribution in [0.2, 0.25) is 0 Å². The van der Waals surface area contributed by atoms with Crippen LogP contribution in [0.4, 0.5) is 0 Å². The number of carbonyl (C=O) groups is 2. The summed E-state index contributed by atoms with van der Waals surface area (Å²) in [6, 6.07) is -0.175. The van der Waals surface area contributed by atoms with E-state index in [1.165, 1.54) is 13.0 Å². The third kappa shape index (κ3) is 4.32. The van der Waals surface area contributed by atoms with Crippen molar-refractivity contribution in [1.82, 2.24) is 4.90 Å². The standard InChI is InChI=1S/C18H27NO7/c1-11(2)8-15(22)26-14-5-7-19-6-4-13(16(14)19)9-25-17(23)18(24,10-20)12(3)21/h4,8,12,14,16,20-21,24H,5-7,9-10H2,1-3H3. The minimum atomic E-state index is -2.36. The topological polar surface area (TPSA) is 117 Å². The molecule has 0 aromatic carbocycles. The minimum absolute atomic E-state index is 0.105. The fourth-order valence-corrected chi connectivity index (χ4v) is 3.19. The fourth-order valence-electron chi connectivity index (χ4n) is 3.19. The van der Waals surface area contributed by atoms with Gasteiger partial charge in [0.25, 0.3) is 0 Å². The van der Waals surface area contributed by atoms with Crippen LogP contribution in [0.15, 0.2) is 23.3 Å². The molecule has 0 spiro atoms. The Morgan fingerprint density at radius 1 is 1.46 bits per heavy atom. The molecule has 4 atom stereocenters. The Bertz CT molecular complexity index is 609. The second kappa shape index (κ2) is 8.30. The summed E-state index contributed by atoms with van der Waals surface area (Å²) in [5.74, 6) is -1.49. The maximum Gasteiger partial charge on any atom is 0.343 e. The van der Waals surface area contributed by atoms with Crippen LogP contribution in [0.25, 0.3) is 0 Å². The molecule has 8 nitrogen and oxygen atoms in total. The summed E-state index contributed by atoms with van der Waals surface area (Å²) in [5.41, 5.74) is -0.733. The van der Waals surface area contributed by atoms with E-state index in [0.717, 1.165) is 17.7 Å². The fraction of sp³-hybridized carbons (Fsp3) is 0.667. The van der Waals surface area contributed by atoms with Gasteiger partial charge >= 0.3 is 11.9 Å². The lowest BCUT2D eigenvalue weighted by molar-refractivity contribution is -0.182. The van der Waals surface area contributed by atoms with Crippen molar-refractivity contribution in [2.75, 3.05) is 26.3 Å². The Morgan fingerprint density at radius 3 is 2.73 bits per heavy atom. The lowest BCUT2D eigenvalue weighted by Crippen LogP contribution is -2.52. The molecule has 2 heterocycles. The number of ether oxygens (including phenoxy) is 2. The smallest absolute Gasteiger partial charge is 0.343 e. The van der Waals surface area contributed by atoms with Gasteiger partial charge in [-0.25, -0.2) is 9.59 Å². The molecule has 0 radical (unpaired) electrons. The molecule has 2 aliphatic heterocycles. The van der Waals surface area contributed by atoms with Crippen molar-refractivity contribution in [3.63, 3.8) is 0 Å². The molecule has 3 N–H and O–H groups in total. The average Bonchev–Trinajstić information content (AvgIpc) is 3.14. The van der Waals surface area contributed by atoms with Crippen LogP contribution in [0.3, 0.4) is 0 Å². The molecule has 146 valence electrons. The normalized spacial score (nSPS) is 25.7. The SMILES string of the molecule is CC(C)=CC(=O)OC1CCN2CC=C(COC(=O)C(O)(CO)C(C)O)C12. The van der Waals surface area contributed by atoms with Crippen LogP contribution in [-0.2, 0) is 19.1 Å². The first-order valence-corrected chi connectivity index (χ1v) is 8.66. The van der Waals surface area contributed by atoms with Gasteiger partial charge in [-0.3, -0.25) is 4.90 Å². The van der Waals surface area contributed by atoms with Gasteiger partial charge in [-0.1, -0.05) is 11.6 Å². The highest BCUT2D eigenvalue weighted by Gasteiger charge is 2.45. The molecular formula is C18H27NO7. The van der Waals surface area contributed by atoms with Gasteiger partial charge in [0.15, 0.2) is 0 Å². The molecule has 0 aromatic heterocycles. The number of hydrogen-bond donors (Lipinski definition) is 3. The van der Waals surface area contributed by atoms with Crippen molar-refractivity contribution in [3.8, 4) is 0 Å². The molecule has 1 fully saturated rings. The van der Waals surface area contributed by atoms with E-state index < -0.39 is 30.3 Å². The number of esters is 2. The molecule has 0 saturated carbocycles. The molecular weight excluding hydrogens is 342 g/mol. The monoisotopic (exact) mass is 369 g/mol. The van der Waals surface area contributed by atoms with Gasteiger partial charge in [0.2, 0.25) is 5.60 Å². The van der Waals surface area contributed by atoms with Gasteiger partial charge in [0.1, 0.15) is 12.7 Å². The van der Waals surface area contributed by atoms with Crippen molar-refractivity contribution >= 4 is 11.9 Å². The zero-order valence-electron chi connectivity index (χ0n) is 15.3. The average molecular weight is 369 g/mol. The zero-order valence-corrected chi connectivity index (χ0v) is 15.3. The van der Waals surface area contributed by atoms with Gasteiger partial charge in [-0.2, -0.15) is 0 Å². The Labute approximate surface area is 152 Å². The Balaban J connectivity index is 1.99. The summed E-state index contributed by atoms with van der Waals surface area (Å²) < 4.78 is 10.6. The van der Waals surface area contributed by atoms with Crippen molar-refractivity contribution in [2.24, 2.45) is 0 Å². The van der Waals surface area contributed by atoms with Crippen molar-refractivity contribution in [1.29, 1.82) is 0 Å². The van der Waals surface area contributed by atoms with E-state index in [1.54, 1.807) is 0 Å². The van der Waals surface area contributed by atoms with Gasteiger partial charge in [0.05, 0.1) is 18.8 Å². The van der Waals surface area contributed by atoms with E-state index in [1.807, 2.05) is 19.9 Å². The van der Waals surface area contributed by atoms with E-state index >= 15 is 0 Å². The first kappa shape index (κ1) is 20.6. The van der Waals surface area contributed by atoms with E-state index in [-0.39, 0.29) is 18.8 Å². The van der Waals surface area contributed by atoms with E-state index in [0.29, 0.717) is 13.0 Å². The van der Waals surface area contributed by atoms with E-state index in [4.69, 9.17) is 9.47 Å². The number of rotatable bonds is 7. The molecule has 4 unspecified atom stereocenters. The first-order chi connectivity index (χ1) is 12.2. The predicted octanol–water partition coefficient (Wildman–Crippen LogP) is -0.474. The highest BCUT2D eigenvalue weighted by molar-refractivity contribution is 5.83. The number of aliphatic hydroxyl groups excluding tert-OH is 2. The number of allylic oxidation sites excluding steroid dienone is 1. The summed E-state index contributed by atoms with van der Waals surface area (Å²) in [7, 11) is 0. The second-order valence-corrected chi connectivity index (χ2v) is 7.04. The van der Waals surface area contributed by atoms with Crippen LogP contribution in [-0.4, -0.2) is 82.3 Å². The highest BCUT2D eigenvalue weighted by Crippen LogP contribution is 2.31. The van der Waals surface area contributed by atoms with E-state index in [9.17, 15) is 24.9 Å². The number of nitrogens with zero attached hydrogens (tertiary/aromatic N) is 1. The predicted molar refractivity (Wildman–Crippen MR) is 92.0 cm³/mol. The van der Waals surface area contributed by atoms with Crippen molar-refractivity contribution in [2.45, 2.75) is 51.0 Å². The quantitative estimate of drug-likeness (QED) is 0.313. The molecule has 0 bridgehead atoms. The molecule has 1 saturated heterocycles. The summed E-state index contributed by atoms with van der Waals surface area (Å²) in [6.07, 6.45) is 2.22. The maximum atomic E-state index is 12.0. The lowest BCUT2D eigenvalue weighted by atomic mass is 9.99. The summed E-state index contributed by atoms with van der Waals surface area (Å²) >= 11 is 0. The molecule has 0 amide bonds. The molecule has 8 heteroatoms. The van der Waals surface area contributed by atoms with Crippen molar-refractivity contribution < 1.29 is 34.4 Å². The second-order valence-electron chi connectivity index (χ2n) is 7.04. The minimum Gasteiger partial charge on any atom is -0.459 e. The van der Waals surface area contributed by atoms with Crippen LogP contribution < -0.4 is 0 Å². The first-order valence-electron chi connectivity index (χ1n) is 8.66. The highest BCUT2D eigenvalue weighted by atomic mass is 16.6. The Hall–Kier alpha value is -1.74. The van der Waals surface area contributed by atoms with Crippen LogP contribution in [0.1, 0.15) is 27.2 Å². The van der Waals surface area contributed by atoms with Crippen LogP contribution >= 0.6 is 0 Å². The molecule has 2 aliphatic rings. The molecule has 26 heavy (non-hydrogen) atoms. The van der Waals surface area contributed by atoms with E-state index in [2.05, 4.69) is 4.90 Å². The Kier molecular flexibility index (Phi) is 6.57. The molecule has 2 rings (SSSR count). The summed E-state index contributed by atoms with van der Waals surface area (Å²) in [5, 5.41) is 28.7. The van der Waals surface area contributed by atoms with Crippen LogP contribution in [0, 0.1) is 0 Å². The summed E-state index contributed by atoms with van der Waals surface area (Å²) in [6.45, 7) is 5.20. The lowest BCUT2D eigenvalue weighted by Gasteiger charge is -2.28. The number of fused-ring (bicyclic) bond motifs is 1. The summed E-state index contributed by atoms with van der Waals surface area (Å²) in [4.78, 5) is 26.1.